The predicted molar refractivity (Wildman–Crippen MR) is 79.7 cm³/mol. The van der Waals surface area contributed by atoms with Crippen molar-refractivity contribution in [2.75, 3.05) is 26.9 Å². The molecule has 0 spiro atoms. The summed E-state index contributed by atoms with van der Waals surface area (Å²) in [5, 5.41) is 0.339. The highest BCUT2D eigenvalue weighted by Crippen LogP contribution is 2.24. The van der Waals surface area contributed by atoms with Gasteiger partial charge in [0.05, 0.1) is 11.5 Å². The van der Waals surface area contributed by atoms with Gasteiger partial charge in [-0.1, -0.05) is 17.7 Å². The van der Waals surface area contributed by atoms with Crippen LogP contribution in [0, 0.1) is 0 Å². The van der Waals surface area contributed by atoms with E-state index in [4.69, 9.17) is 26.8 Å². The number of rotatable bonds is 6. The molecule has 21 heavy (non-hydrogen) atoms. The molecule has 0 aromatic heterocycles. The SMILES string of the molecule is COC1(CNS(=O)(=O)c2ccc(CN)c(Cl)c2)CCOC1. The van der Waals surface area contributed by atoms with Crippen molar-refractivity contribution in [2.45, 2.75) is 23.5 Å². The first kappa shape index (κ1) is 16.7. The van der Waals surface area contributed by atoms with Crippen LogP contribution >= 0.6 is 11.6 Å². The molecule has 0 amide bonds. The number of methoxy groups -OCH3 is 1. The lowest BCUT2D eigenvalue weighted by molar-refractivity contribution is -0.0120. The van der Waals surface area contributed by atoms with Gasteiger partial charge in [0.15, 0.2) is 0 Å². The number of nitrogens with one attached hydrogen (secondary N) is 1. The van der Waals surface area contributed by atoms with Gasteiger partial charge in [-0.25, -0.2) is 13.1 Å². The lowest BCUT2D eigenvalue weighted by atomic mass is 10.0. The quantitative estimate of drug-likeness (QED) is 0.806. The van der Waals surface area contributed by atoms with Crippen LogP contribution in [0.4, 0.5) is 0 Å². The van der Waals surface area contributed by atoms with Crippen LogP contribution in [-0.4, -0.2) is 40.9 Å². The van der Waals surface area contributed by atoms with E-state index >= 15 is 0 Å². The second kappa shape index (κ2) is 6.60. The van der Waals surface area contributed by atoms with Crippen molar-refractivity contribution < 1.29 is 17.9 Å². The van der Waals surface area contributed by atoms with Crippen molar-refractivity contribution in [1.82, 2.24) is 4.72 Å². The Labute approximate surface area is 129 Å². The van der Waals surface area contributed by atoms with Crippen LogP contribution in [0.25, 0.3) is 0 Å². The van der Waals surface area contributed by atoms with E-state index in [2.05, 4.69) is 4.72 Å². The fraction of sp³-hybridized carbons (Fsp3) is 0.538. The smallest absolute Gasteiger partial charge is 0.240 e. The van der Waals surface area contributed by atoms with Crippen molar-refractivity contribution >= 4 is 21.6 Å². The average Bonchev–Trinajstić information content (AvgIpc) is 2.95. The monoisotopic (exact) mass is 334 g/mol. The Bertz CT molecular complexity index is 600. The van der Waals surface area contributed by atoms with Crippen LogP contribution in [0.2, 0.25) is 5.02 Å². The first-order valence-corrected chi connectivity index (χ1v) is 8.40. The highest BCUT2D eigenvalue weighted by atomic mass is 35.5. The zero-order valence-electron chi connectivity index (χ0n) is 11.8. The maximum atomic E-state index is 12.3. The first-order chi connectivity index (χ1) is 9.92. The lowest BCUT2D eigenvalue weighted by Crippen LogP contribution is -2.44. The molecular weight excluding hydrogens is 316 g/mol. The van der Waals surface area contributed by atoms with Crippen LogP contribution in [-0.2, 0) is 26.0 Å². The van der Waals surface area contributed by atoms with Gasteiger partial charge in [0.1, 0.15) is 5.60 Å². The van der Waals surface area contributed by atoms with E-state index in [9.17, 15) is 8.42 Å². The van der Waals surface area contributed by atoms with Crippen LogP contribution in [0.5, 0.6) is 0 Å². The predicted octanol–water partition coefficient (Wildman–Crippen LogP) is 0.882. The molecule has 1 saturated heterocycles. The maximum Gasteiger partial charge on any atom is 0.240 e. The molecule has 1 aliphatic rings. The molecule has 1 aromatic rings. The highest BCUT2D eigenvalue weighted by molar-refractivity contribution is 7.89. The molecular formula is C13H19ClN2O4S. The van der Waals surface area contributed by atoms with Gasteiger partial charge in [-0.15, -0.1) is 0 Å². The van der Waals surface area contributed by atoms with E-state index in [1.165, 1.54) is 12.1 Å². The number of halogens is 1. The second-order valence-electron chi connectivity index (χ2n) is 4.97. The largest absolute Gasteiger partial charge is 0.378 e. The van der Waals surface area contributed by atoms with E-state index in [-0.39, 0.29) is 18.0 Å². The van der Waals surface area contributed by atoms with E-state index < -0.39 is 15.6 Å². The van der Waals surface area contributed by atoms with E-state index in [0.29, 0.717) is 30.2 Å². The molecule has 6 nitrogen and oxygen atoms in total. The lowest BCUT2D eigenvalue weighted by Gasteiger charge is -2.25. The molecule has 1 aromatic carbocycles. The fourth-order valence-corrected chi connectivity index (χ4v) is 3.59. The van der Waals surface area contributed by atoms with Crippen LogP contribution in [0.1, 0.15) is 12.0 Å². The number of nitrogens with two attached hydrogens (primary N) is 1. The molecule has 118 valence electrons. The third-order valence-corrected chi connectivity index (χ3v) is 5.39. The number of sulfonamides is 1. The minimum absolute atomic E-state index is 0.106. The van der Waals surface area contributed by atoms with Gasteiger partial charge >= 0.3 is 0 Å². The molecule has 1 aliphatic heterocycles. The minimum atomic E-state index is -3.65. The van der Waals surface area contributed by atoms with Gasteiger partial charge in [0.25, 0.3) is 0 Å². The fourth-order valence-electron chi connectivity index (χ4n) is 2.13. The van der Waals surface area contributed by atoms with Gasteiger partial charge < -0.3 is 15.2 Å². The molecule has 0 bridgehead atoms. The summed E-state index contributed by atoms with van der Waals surface area (Å²) < 4.78 is 37.8. The standard InChI is InChI=1S/C13H19ClN2O4S/c1-19-13(4-5-20-9-13)8-16-21(17,18)11-3-2-10(7-15)12(14)6-11/h2-3,6,16H,4-5,7-9,15H2,1H3. The van der Waals surface area contributed by atoms with E-state index in [1.54, 1.807) is 13.2 Å². The van der Waals surface area contributed by atoms with Gasteiger partial charge in [-0.3, -0.25) is 0 Å². The molecule has 0 saturated carbocycles. The molecule has 1 unspecified atom stereocenters. The third-order valence-electron chi connectivity index (χ3n) is 3.64. The molecule has 1 fully saturated rings. The summed E-state index contributed by atoms with van der Waals surface area (Å²) in [6.07, 6.45) is 0.652. The second-order valence-corrected chi connectivity index (χ2v) is 7.15. The van der Waals surface area contributed by atoms with E-state index in [0.717, 1.165) is 0 Å². The number of hydrogen-bond donors (Lipinski definition) is 2. The topological polar surface area (TPSA) is 90.7 Å². The van der Waals surface area contributed by atoms with Crippen LogP contribution in [0.3, 0.4) is 0 Å². The Hall–Kier alpha value is -0.700. The molecule has 0 aliphatic carbocycles. The number of benzene rings is 1. The Morgan fingerprint density at radius 3 is 2.81 bits per heavy atom. The van der Waals surface area contributed by atoms with Crippen LogP contribution in [0.15, 0.2) is 23.1 Å². The molecule has 3 N–H and O–H groups in total. The van der Waals surface area contributed by atoms with E-state index in [1.807, 2.05) is 0 Å². The highest BCUT2D eigenvalue weighted by Gasteiger charge is 2.36. The van der Waals surface area contributed by atoms with Gasteiger partial charge in [-0.2, -0.15) is 0 Å². The van der Waals surface area contributed by atoms with Crippen molar-refractivity contribution in [3.63, 3.8) is 0 Å². The summed E-state index contributed by atoms with van der Waals surface area (Å²) in [5.41, 5.74) is 5.61. The zero-order chi connectivity index (χ0) is 15.5. The Morgan fingerprint density at radius 2 is 2.29 bits per heavy atom. The first-order valence-electron chi connectivity index (χ1n) is 6.53. The normalized spacial score (nSPS) is 22.6. The van der Waals surface area contributed by atoms with Crippen molar-refractivity contribution in [1.29, 1.82) is 0 Å². The van der Waals surface area contributed by atoms with Crippen molar-refractivity contribution in [3.8, 4) is 0 Å². The summed E-state index contributed by atoms with van der Waals surface area (Å²) in [6, 6.07) is 4.50. The van der Waals surface area contributed by atoms with Gasteiger partial charge in [-0.05, 0) is 17.7 Å². The molecule has 8 heteroatoms. The van der Waals surface area contributed by atoms with Gasteiger partial charge in [0.2, 0.25) is 10.0 Å². The Kier molecular flexibility index (Phi) is 5.24. The van der Waals surface area contributed by atoms with Crippen molar-refractivity contribution in [2.24, 2.45) is 5.73 Å². The average molecular weight is 335 g/mol. The molecule has 1 heterocycles. The maximum absolute atomic E-state index is 12.3. The van der Waals surface area contributed by atoms with Gasteiger partial charge in [0, 0.05) is 38.2 Å². The number of ether oxygens (including phenoxy) is 2. The summed E-state index contributed by atoms with van der Waals surface area (Å²) in [4.78, 5) is 0.106. The summed E-state index contributed by atoms with van der Waals surface area (Å²) in [6.45, 7) is 1.35. The minimum Gasteiger partial charge on any atom is -0.378 e. The molecule has 2 rings (SSSR count). The summed E-state index contributed by atoms with van der Waals surface area (Å²) in [5.74, 6) is 0. The summed E-state index contributed by atoms with van der Waals surface area (Å²) in [7, 11) is -2.10. The molecule has 1 atom stereocenters. The number of hydrogen-bond acceptors (Lipinski definition) is 5. The zero-order valence-corrected chi connectivity index (χ0v) is 13.3. The molecule has 0 radical (unpaired) electrons. The Morgan fingerprint density at radius 1 is 1.52 bits per heavy atom. The summed E-state index contributed by atoms with van der Waals surface area (Å²) >= 11 is 6.00. The van der Waals surface area contributed by atoms with Crippen molar-refractivity contribution in [3.05, 3.63) is 28.8 Å². The van der Waals surface area contributed by atoms with Crippen LogP contribution < -0.4 is 10.5 Å². The Balaban J connectivity index is 2.13. The third kappa shape index (κ3) is 3.74.